The molecule has 0 aliphatic carbocycles. The van der Waals surface area contributed by atoms with Crippen LogP contribution in [-0.2, 0) is 4.74 Å². The van der Waals surface area contributed by atoms with Crippen LogP contribution in [0, 0.1) is 0 Å². The molecule has 13 heavy (non-hydrogen) atoms. The summed E-state index contributed by atoms with van der Waals surface area (Å²) in [6, 6.07) is 0. The number of ether oxygens (including phenoxy) is 1. The van der Waals surface area contributed by atoms with E-state index in [0.29, 0.717) is 6.54 Å². The van der Waals surface area contributed by atoms with Crippen LogP contribution in [0.25, 0.3) is 0 Å². The van der Waals surface area contributed by atoms with E-state index in [1.165, 1.54) is 7.11 Å². The van der Waals surface area contributed by atoms with Crippen LogP contribution >= 0.6 is 0 Å². The summed E-state index contributed by atoms with van der Waals surface area (Å²) >= 11 is 0. The van der Waals surface area contributed by atoms with Crippen molar-refractivity contribution in [3.8, 4) is 0 Å². The summed E-state index contributed by atoms with van der Waals surface area (Å²) in [5, 5.41) is 2.56. The largest absolute Gasteiger partial charge is 0.453 e. The molecule has 0 atom stereocenters. The number of rotatable bonds is 6. The second-order valence-corrected chi connectivity index (χ2v) is 2.56. The SMILES string of the molecule is C=CCCCC=CCNC(=O)OC. The molecule has 0 rings (SSSR count). The molecule has 0 radical (unpaired) electrons. The number of hydrogen-bond donors (Lipinski definition) is 1. The zero-order valence-electron chi connectivity index (χ0n) is 8.08. The Hall–Kier alpha value is -1.25. The summed E-state index contributed by atoms with van der Waals surface area (Å²) < 4.78 is 4.40. The molecule has 0 aromatic carbocycles. The van der Waals surface area contributed by atoms with Gasteiger partial charge in [-0.3, -0.25) is 0 Å². The summed E-state index contributed by atoms with van der Waals surface area (Å²) in [6.07, 6.45) is 8.64. The molecule has 74 valence electrons. The fraction of sp³-hybridized carbons (Fsp3) is 0.500. The first-order valence-corrected chi connectivity index (χ1v) is 4.39. The van der Waals surface area contributed by atoms with Gasteiger partial charge in [0.25, 0.3) is 0 Å². The highest BCUT2D eigenvalue weighted by molar-refractivity contribution is 5.66. The Labute approximate surface area is 79.5 Å². The van der Waals surface area contributed by atoms with E-state index in [2.05, 4.69) is 16.6 Å². The number of hydrogen-bond acceptors (Lipinski definition) is 2. The maximum atomic E-state index is 10.6. The van der Waals surface area contributed by atoms with Crippen molar-refractivity contribution in [1.82, 2.24) is 5.32 Å². The molecule has 3 nitrogen and oxygen atoms in total. The van der Waals surface area contributed by atoms with Crippen LogP contribution in [0.5, 0.6) is 0 Å². The fourth-order valence-corrected chi connectivity index (χ4v) is 0.796. The van der Waals surface area contributed by atoms with Crippen molar-refractivity contribution in [3.63, 3.8) is 0 Å². The van der Waals surface area contributed by atoms with Crippen LogP contribution in [0.2, 0.25) is 0 Å². The van der Waals surface area contributed by atoms with Gasteiger partial charge in [0.1, 0.15) is 0 Å². The van der Waals surface area contributed by atoms with Crippen LogP contribution in [-0.4, -0.2) is 19.7 Å². The number of alkyl carbamates (subject to hydrolysis) is 1. The Balaban J connectivity index is 3.21. The third kappa shape index (κ3) is 8.66. The zero-order valence-corrected chi connectivity index (χ0v) is 8.08. The lowest BCUT2D eigenvalue weighted by Crippen LogP contribution is -2.22. The predicted octanol–water partition coefficient (Wildman–Crippen LogP) is 2.25. The van der Waals surface area contributed by atoms with E-state index in [1.807, 2.05) is 18.2 Å². The molecule has 0 unspecified atom stereocenters. The van der Waals surface area contributed by atoms with Gasteiger partial charge in [-0.1, -0.05) is 18.2 Å². The van der Waals surface area contributed by atoms with Crippen molar-refractivity contribution in [2.45, 2.75) is 19.3 Å². The van der Waals surface area contributed by atoms with Crippen LogP contribution < -0.4 is 5.32 Å². The van der Waals surface area contributed by atoms with E-state index >= 15 is 0 Å². The molecule has 1 N–H and O–H groups in total. The lowest BCUT2D eigenvalue weighted by Gasteiger charge is -1.97. The Morgan fingerprint density at radius 2 is 2.23 bits per heavy atom. The van der Waals surface area contributed by atoms with E-state index in [0.717, 1.165) is 19.3 Å². The van der Waals surface area contributed by atoms with Gasteiger partial charge >= 0.3 is 6.09 Å². The topological polar surface area (TPSA) is 38.3 Å². The zero-order chi connectivity index (χ0) is 9.94. The summed E-state index contributed by atoms with van der Waals surface area (Å²) in [7, 11) is 1.35. The number of carbonyl (C=O) groups is 1. The van der Waals surface area contributed by atoms with Crippen molar-refractivity contribution in [2.24, 2.45) is 0 Å². The average Bonchev–Trinajstić information content (AvgIpc) is 2.16. The van der Waals surface area contributed by atoms with Gasteiger partial charge in [-0.2, -0.15) is 0 Å². The summed E-state index contributed by atoms with van der Waals surface area (Å²) in [5.74, 6) is 0. The highest BCUT2D eigenvalue weighted by Gasteiger charge is 1.91. The first kappa shape index (κ1) is 11.8. The lowest BCUT2D eigenvalue weighted by atomic mass is 10.2. The third-order valence-electron chi connectivity index (χ3n) is 1.50. The van der Waals surface area contributed by atoms with Crippen molar-refractivity contribution in [1.29, 1.82) is 0 Å². The van der Waals surface area contributed by atoms with Crippen LogP contribution in [0.4, 0.5) is 4.79 Å². The Morgan fingerprint density at radius 1 is 1.46 bits per heavy atom. The maximum absolute atomic E-state index is 10.6. The second-order valence-electron chi connectivity index (χ2n) is 2.56. The number of amides is 1. The number of carbonyl (C=O) groups excluding carboxylic acids is 1. The van der Waals surface area contributed by atoms with Gasteiger partial charge < -0.3 is 10.1 Å². The molecule has 0 aliphatic rings. The molecule has 0 aliphatic heterocycles. The average molecular weight is 183 g/mol. The molecule has 0 heterocycles. The predicted molar refractivity (Wildman–Crippen MR) is 53.6 cm³/mol. The minimum Gasteiger partial charge on any atom is -0.453 e. The van der Waals surface area contributed by atoms with E-state index in [1.54, 1.807) is 0 Å². The first-order valence-electron chi connectivity index (χ1n) is 4.39. The maximum Gasteiger partial charge on any atom is 0.407 e. The van der Waals surface area contributed by atoms with E-state index in [4.69, 9.17) is 0 Å². The van der Waals surface area contributed by atoms with Gasteiger partial charge in [-0.05, 0) is 19.3 Å². The number of allylic oxidation sites excluding steroid dienone is 2. The second kappa shape index (κ2) is 8.84. The van der Waals surface area contributed by atoms with E-state index in [-0.39, 0.29) is 0 Å². The van der Waals surface area contributed by atoms with Gasteiger partial charge in [0.2, 0.25) is 0 Å². The van der Waals surface area contributed by atoms with Crippen molar-refractivity contribution in [3.05, 3.63) is 24.8 Å². The molecule has 3 heteroatoms. The van der Waals surface area contributed by atoms with Crippen LogP contribution in [0.15, 0.2) is 24.8 Å². The van der Waals surface area contributed by atoms with E-state index < -0.39 is 6.09 Å². The van der Waals surface area contributed by atoms with Crippen LogP contribution in [0.1, 0.15) is 19.3 Å². The first-order chi connectivity index (χ1) is 6.31. The monoisotopic (exact) mass is 183 g/mol. The highest BCUT2D eigenvalue weighted by atomic mass is 16.5. The smallest absolute Gasteiger partial charge is 0.407 e. The molecular formula is C10H17NO2. The van der Waals surface area contributed by atoms with Crippen molar-refractivity contribution in [2.75, 3.05) is 13.7 Å². The molecule has 0 saturated carbocycles. The van der Waals surface area contributed by atoms with Crippen LogP contribution in [0.3, 0.4) is 0 Å². The van der Waals surface area contributed by atoms with Gasteiger partial charge in [-0.15, -0.1) is 6.58 Å². The quantitative estimate of drug-likeness (QED) is 0.506. The summed E-state index contributed by atoms with van der Waals surface area (Å²) in [5.41, 5.74) is 0. The molecule has 0 spiro atoms. The summed E-state index contributed by atoms with van der Waals surface area (Å²) in [6.45, 7) is 4.16. The molecule has 1 amide bonds. The standard InChI is InChI=1S/C10H17NO2/c1-3-4-5-6-7-8-9-11-10(12)13-2/h3,7-8H,1,4-6,9H2,2H3,(H,11,12). The number of unbranched alkanes of at least 4 members (excludes halogenated alkanes) is 2. The third-order valence-corrected chi connectivity index (χ3v) is 1.50. The Kier molecular flexibility index (Phi) is 7.99. The molecular weight excluding hydrogens is 166 g/mol. The number of nitrogens with one attached hydrogen (secondary N) is 1. The van der Waals surface area contributed by atoms with E-state index in [9.17, 15) is 4.79 Å². The minimum absolute atomic E-state index is 0.393. The summed E-state index contributed by atoms with van der Waals surface area (Å²) in [4.78, 5) is 10.6. The molecule has 0 bridgehead atoms. The Bertz CT molecular complexity index is 176. The molecule has 0 saturated heterocycles. The molecule has 0 aromatic heterocycles. The fourth-order valence-electron chi connectivity index (χ4n) is 0.796. The van der Waals surface area contributed by atoms with Gasteiger partial charge in [-0.25, -0.2) is 4.79 Å². The normalized spacial score (nSPS) is 9.92. The lowest BCUT2D eigenvalue weighted by molar-refractivity contribution is 0.172. The van der Waals surface area contributed by atoms with Gasteiger partial charge in [0.15, 0.2) is 0 Å². The molecule has 0 aromatic rings. The Morgan fingerprint density at radius 3 is 2.85 bits per heavy atom. The highest BCUT2D eigenvalue weighted by Crippen LogP contribution is 1.95. The van der Waals surface area contributed by atoms with Gasteiger partial charge in [0, 0.05) is 6.54 Å². The number of methoxy groups -OCH3 is 1. The van der Waals surface area contributed by atoms with Gasteiger partial charge in [0.05, 0.1) is 7.11 Å². The molecule has 0 fully saturated rings. The minimum atomic E-state index is -0.393. The van der Waals surface area contributed by atoms with Crippen molar-refractivity contribution >= 4 is 6.09 Å². The van der Waals surface area contributed by atoms with Crippen molar-refractivity contribution < 1.29 is 9.53 Å².